The van der Waals surface area contributed by atoms with Gasteiger partial charge in [0.2, 0.25) is 5.91 Å². The van der Waals surface area contributed by atoms with Crippen molar-refractivity contribution in [2.45, 2.75) is 25.9 Å². The fraction of sp³-hybridized carbons (Fsp3) is 0.462. The molecule has 1 fully saturated rings. The van der Waals surface area contributed by atoms with E-state index in [4.69, 9.17) is 16.9 Å². The van der Waals surface area contributed by atoms with E-state index < -0.39 is 0 Å². The van der Waals surface area contributed by atoms with Crippen LogP contribution in [-0.2, 0) is 11.3 Å². The largest absolute Gasteiger partial charge is 0.353 e. The summed E-state index contributed by atoms with van der Waals surface area (Å²) in [7, 11) is 0. The fourth-order valence-electron chi connectivity index (χ4n) is 2.28. The lowest BCUT2D eigenvalue weighted by molar-refractivity contribution is -0.129. The summed E-state index contributed by atoms with van der Waals surface area (Å²) in [6, 6.07) is 3.63. The Balaban J connectivity index is 2.20. The lowest BCUT2D eigenvalue weighted by Crippen LogP contribution is -2.54. The smallest absolute Gasteiger partial charge is 0.237 e. The standard InChI is InChI=1S/C13H15ClN4O/c1-2-11-13(19)16-3-4-18(11)8-10-5-9(6-15)7-17-12(10)14/h5,7,11H,2-4,8H2,1H3,(H,16,19). The minimum atomic E-state index is -0.143. The van der Waals surface area contributed by atoms with Crippen LogP contribution in [0.15, 0.2) is 12.3 Å². The molecule has 2 rings (SSSR count). The molecule has 1 amide bonds. The quantitative estimate of drug-likeness (QED) is 0.847. The third-order valence-corrected chi connectivity index (χ3v) is 3.58. The summed E-state index contributed by atoms with van der Waals surface area (Å²) >= 11 is 6.05. The van der Waals surface area contributed by atoms with E-state index in [0.29, 0.717) is 23.8 Å². The van der Waals surface area contributed by atoms with Gasteiger partial charge in [-0.1, -0.05) is 18.5 Å². The molecular formula is C13H15ClN4O. The summed E-state index contributed by atoms with van der Waals surface area (Å²) in [5.74, 6) is 0.0502. The number of hydrogen-bond acceptors (Lipinski definition) is 4. The van der Waals surface area contributed by atoms with Crippen molar-refractivity contribution < 1.29 is 4.79 Å². The summed E-state index contributed by atoms with van der Waals surface area (Å²) in [5.41, 5.74) is 1.27. The average Bonchev–Trinajstić information content (AvgIpc) is 2.41. The van der Waals surface area contributed by atoms with Crippen molar-refractivity contribution in [1.82, 2.24) is 15.2 Å². The number of nitrogens with one attached hydrogen (secondary N) is 1. The summed E-state index contributed by atoms with van der Waals surface area (Å²) in [6.07, 6.45) is 2.20. The molecule has 5 nitrogen and oxygen atoms in total. The van der Waals surface area contributed by atoms with Gasteiger partial charge in [0.05, 0.1) is 11.6 Å². The van der Waals surface area contributed by atoms with Crippen molar-refractivity contribution >= 4 is 17.5 Å². The van der Waals surface area contributed by atoms with Gasteiger partial charge in [0.15, 0.2) is 0 Å². The van der Waals surface area contributed by atoms with E-state index in [1.807, 2.05) is 13.0 Å². The van der Waals surface area contributed by atoms with E-state index in [0.717, 1.165) is 18.5 Å². The first-order valence-corrected chi connectivity index (χ1v) is 6.59. The number of pyridine rings is 1. The van der Waals surface area contributed by atoms with Crippen LogP contribution in [0.2, 0.25) is 5.15 Å². The third-order valence-electron chi connectivity index (χ3n) is 3.24. The normalized spacial score (nSPS) is 19.8. The van der Waals surface area contributed by atoms with E-state index >= 15 is 0 Å². The van der Waals surface area contributed by atoms with Gasteiger partial charge in [-0.15, -0.1) is 0 Å². The second-order valence-electron chi connectivity index (χ2n) is 4.47. The van der Waals surface area contributed by atoms with Gasteiger partial charge >= 0.3 is 0 Å². The molecule has 1 atom stereocenters. The van der Waals surface area contributed by atoms with Crippen molar-refractivity contribution in [2.24, 2.45) is 0 Å². The maximum atomic E-state index is 11.8. The van der Waals surface area contributed by atoms with E-state index in [2.05, 4.69) is 15.2 Å². The van der Waals surface area contributed by atoms with E-state index in [1.165, 1.54) is 6.20 Å². The molecule has 0 aromatic carbocycles. The number of amides is 1. The zero-order valence-corrected chi connectivity index (χ0v) is 11.4. The summed E-state index contributed by atoms with van der Waals surface area (Å²) in [5, 5.41) is 12.1. The van der Waals surface area contributed by atoms with Gasteiger partial charge < -0.3 is 5.32 Å². The number of nitrogens with zero attached hydrogens (tertiary/aromatic N) is 3. The monoisotopic (exact) mass is 278 g/mol. The van der Waals surface area contributed by atoms with Gasteiger partial charge in [-0.2, -0.15) is 5.26 Å². The highest BCUT2D eigenvalue weighted by Gasteiger charge is 2.28. The van der Waals surface area contributed by atoms with Gasteiger partial charge in [-0.05, 0) is 12.5 Å². The minimum absolute atomic E-state index is 0.0502. The molecule has 1 aromatic rings. The Labute approximate surface area is 117 Å². The second-order valence-corrected chi connectivity index (χ2v) is 4.83. The first-order valence-electron chi connectivity index (χ1n) is 6.22. The molecule has 1 N–H and O–H groups in total. The molecular weight excluding hydrogens is 264 g/mol. The number of carbonyl (C=O) groups is 1. The van der Waals surface area contributed by atoms with E-state index in [9.17, 15) is 4.79 Å². The molecule has 1 unspecified atom stereocenters. The Hall–Kier alpha value is -1.64. The van der Waals surface area contributed by atoms with Gasteiger partial charge in [-0.3, -0.25) is 9.69 Å². The first kappa shape index (κ1) is 13.8. The molecule has 1 saturated heterocycles. The highest BCUT2D eigenvalue weighted by atomic mass is 35.5. The predicted octanol–water partition coefficient (Wildman–Crippen LogP) is 1.32. The highest BCUT2D eigenvalue weighted by Crippen LogP contribution is 2.19. The van der Waals surface area contributed by atoms with Crippen molar-refractivity contribution in [3.63, 3.8) is 0 Å². The fourth-order valence-corrected chi connectivity index (χ4v) is 2.44. The number of aromatic nitrogens is 1. The third kappa shape index (κ3) is 3.03. The molecule has 19 heavy (non-hydrogen) atoms. The van der Waals surface area contributed by atoms with Crippen LogP contribution in [0.3, 0.4) is 0 Å². The Morgan fingerprint density at radius 3 is 3.16 bits per heavy atom. The van der Waals surface area contributed by atoms with Crippen LogP contribution in [-0.4, -0.2) is 34.9 Å². The highest BCUT2D eigenvalue weighted by molar-refractivity contribution is 6.30. The topological polar surface area (TPSA) is 69.0 Å². The Morgan fingerprint density at radius 1 is 1.68 bits per heavy atom. The molecule has 6 heteroatoms. The Kier molecular flexibility index (Phi) is 4.35. The summed E-state index contributed by atoms with van der Waals surface area (Å²) < 4.78 is 0. The number of nitriles is 1. The molecule has 0 saturated carbocycles. The van der Waals surface area contributed by atoms with E-state index in [-0.39, 0.29) is 11.9 Å². The number of carbonyl (C=O) groups excluding carboxylic acids is 1. The van der Waals surface area contributed by atoms with Crippen LogP contribution in [0.5, 0.6) is 0 Å². The number of piperazine rings is 1. The molecule has 2 heterocycles. The average molecular weight is 279 g/mol. The second kappa shape index (κ2) is 6.00. The first-order chi connectivity index (χ1) is 9.15. The van der Waals surface area contributed by atoms with E-state index in [1.54, 1.807) is 6.07 Å². The summed E-state index contributed by atoms with van der Waals surface area (Å²) in [4.78, 5) is 17.9. The van der Waals surface area contributed by atoms with Crippen LogP contribution in [0.4, 0.5) is 0 Å². The number of hydrogen-bond donors (Lipinski definition) is 1. The van der Waals surface area contributed by atoms with Gasteiger partial charge in [0.25, 0.3) is 0 Å². The van der Waals surface area contributed by atoms with Crippen LogP contribution in [0, 0.1) is 11.3 Å². The van der Waals surface area contributed by atoms with Crippen molar-refractivity contribution in [1.29, 1.82) is 5.26 Å². The van der Waals surface area contributed by atoms with Crippen molar-refractivity contribution in [3.05, 3.63) is 28.5 Å². The van der Waals surface area contributed by atoms with Crippen LogP contribution < -0.4 is 5.32 Å². The van der Waals surface area contributed by atoms with Gasteiger partial charge in [-0.25, -0.2) is 4.98 Å². The molecule has 0 bridgehead atoms. The molecule has 100 valence electrons. The predicted molar refractivity (Wildman–Crippen MR) is 71.5 cm³/mol. The van der Waals surface area contributed by atoms with Gasteiger partial charge in [0, 0.05) is 31.4 Å². The SMILES string of the molecule is CCC1C(=O)NCCN1Cc1cc(C#N)cnc1Cl. The van der Waals surface area contributed by atoms with Crippen molar-refractivity contribution in [3.8, 4) is 6.07 Å². The zero-order valence-electron chi connectivity index (χ0n) is 10.7. The molecule has 1 aliphatic rings. The summed E-state index contributed by atoms with van der Waals surface area (Å²) in [6.45, 7) is 3.93. The minimum Gasteiger partial charge on any atom is -0.353 e. The molecule has 0 radical (unpaired) electrons. The molecule has 0 aliphatic carbocycles. The Bertz CT molecular complexity index is 526. The zero-order chi connectivity index (χ0) is 13.8. The molecule has 0 spiro atoms. The Morgan fingerprint density at radius 2 is 2.47 bits per heavy atom. The maximum Gasteiger partial charge on any atom is 0.237 e. The lowest BCUT2D eigenvalue weighted by atomic mass is 10.1. The van der Waals surface area contributed by atoms with Crippen LogP contribution >= 0.6 is 11.6 Å². The number of rotatable bonds is 3. The van der Waals surface area contributed by atoms with Crippen LogP contribution in [0.1, 0.15) is 24.5 Å². The number of halogens is 1. The van der Waals surface area contributed by atoms with Crippen LogP contribution in [0.25, 0.3) is 0 Å². The molecule has 1 aliphatic heterocycles. The lowest BCUT2D eigenvalue weighted by Gasteiger charge is -2.34. The molecule has 1 aromatic heterocycles. The maximum absolute atomic E-state index is 11.8. The van der Waals surface area contributed by atoms with Crippen molar-refractivity contribution in [2.75, 3.05) is 13.1 Å². The van der Waals surface area contributed by atoms with Gasteiger partial charge in [0.1, 0.15) is 11.2 Å².